The second kappa shape index (κ2) is 44.8. The van der Waals surface area contributed by atoms with Gasteiger partial charge in [0, 0.05) is 12.8 Å². The fraction of sp³-hybridized carbons (Fsp3) is 0.837. The topological polar surface area (TPSA) is 95.9 Å². The van der Waals surface area contributed by atoms with Crippen LogP contribution in [0.2, 0.25) is 0 Å². The summed E-state index contributed by atoms with van der Waals surface area (Å²) < 4.78 is 5.41. The molecule has 0 saturated heterocycles. The number of amides is 1. The maximum Gasteiger partial charge on any atom is 0.305 e. The zero-order valence-electron chi connectivity index (χ0n) is 36.4. The van der Waals surface area contributed by atoms with Gasteiger partial charge in [-0.3, -0.25) is 9.59 Å². The molecule has 1 amide bonds. The minimum absolute atomic E-state index is 0.0485. The quantitative estimate of drug-likeness (QED) is 0.0326. The van der Waals surface area contributed by atoms with Gasteiger partial charge in [0.2, 0.25) is 5.91 Å². The minimum atomic E-state index is -0.866. The number of rotatable bonds is 43. The molecule has 0 heterocycles. The van der Waals surface area contributed by atoms with E-state index in [1.807, 2.05) is 6.08 Å². The van der Waals surface area contributed by atoms with E-state index in [0.717, 1.165) is 77.0 Å². The summed E-state index contributed by atoms with van der Waals surface area (Å²) in [6.45, 7) is 4.78. The Balaban J connectivity index is 3.60. The van der Waals surface area contributed by atoms with Gasteiger partial charge in [-0.1, -0.05) is 179 Å². The van der Waals surface area contributed by atoms with Gasteiger partial charge in [-0.2, -0.15) is 0 Å². The number of carbonyl (C=O) groups excluding carboxylic acids is 2. The van der Waals surface area contributed by atoms with E-state index in [-0.39, 0.29) is 18.5 Å². The van der Waals surface area contributed by atoms with Crippen molar-refractivity contribution >= 4 is 11.9 Å². The van der Waals surface area contributed by atoms with Crippen molar-refractivity contribution in [1.29, 1.82) is 0 Å². The van der Waals surface area contributed by atoms with Crippen LogP contribution < -0.4 is 5.32 Å². The molecule has 0 aromatic heterocycles. The zero-order valence-corrected chi connectivity index (χ0v) is 36.4. The van der Waals surface area contributed by atoms with Crippen molar-refractivity contribution in [3.63, 3.8) is 0 Å². The van der Waals surface area contributed by atoms with Crippen molar-refractivity contribution in [2.75, 3.05) is 13.2 Å². The first kappa shape index (κ1) is 53.1. The number of aliphatic hydroxyl groups is 2. The number of hydrogen-bond acceptors (Lipinski definition) is 5. The summed E-state index contributed by atoms with van der Waals surface area (Å²) in [5.41, 5.74) is 0. The van der Waals surface area contributed by atoms with E-state index < -0.39 is 12.1 Å². The first-order valence-electron chi connectivity index (χ1n) is 23.8. The summed E-state index contributed by atoms with van der Waals surface area (Å²) >= 11 is 0. The third-order valence-corrected chi connectivity index (χ3v) is 10.6. The van der Waals surface area contributed by atoms with Crippen LogP contribution in [0.4, 0.5) is 0 Å². The normalized spacial score (nSPS) is 13.0. The third kappa shape index (κ3) is 41.5. The van der Waals surface area contributed by atoms with Crippen LogP contribution >= 0.6 is 0 Å². The lowest BCUT2D eigenvalue weighted by molar-refractivity contribution is -0.143. The van der Waals surface area contributed by atoms with Crippen molar-refractivity contribution in [3.05, 3.63) is 36.5 Å². The Kier molecular flexibility index (Phi) is 43.2. The second-order valence-electron chi connectivity index (χ2n) is 16.1. The van der Waals surface area contributed by atoms with Crippen molar-refractivity contribution in [2.24, 2.45) is 0 Å². The molecule has 0 fully saturated rings. The van der Waals surface area contributed by atoms with Crippen LogP contribution in [0.3, 0.4) is 0 Å². The molecular weight excluding hydrogens is 683 g/mol. The Morgan fingerprint density at radius 3 is 1.31 bits per heavy atom. The van der Waals surface area contributed by atoms with Gasteiger partial charge >= 0.3 is 5.97 Å². The van der Waals surface area contributed by atoms with Crippen LogP contribution in [0.5, 0.6) is 0 Å². The summed E-state index contributed by atoms with van der Waals surface area (Å²) in [5.74, 6) is -0.154. The molecule has 0 bridgehead atoms. The molecule has 2 unspecified atom stereocenters. The molecule has 0 rings (SSSR count). The highest BCUT2D eigenvalue weighted by atomic mass is 16.5. The van der Waals surface area contributed by atoms with Crippen molar-refractivity contribution < 1.29 is 24.5 Å². The molecule has 2 atom stereocenters. The predicted octanol–water partition coefficient (Wildman–Crippen LogP) is 13.7. The number of hydrogen-bond donors (Lipinski definition) is 3. The molecule has 0 spiro atoms. The fourth-order valence-corrected chi connectivity index (χ4v) is 6.91. The largest absolute Gasteiger partial charge is 0.466 e. The number of unbranched alkanes of at least 4 members (excludes halogenated alkanes) is 28. The van der Waals surface area contributed by atoms with E-state index in [9.17, 15) is 19.8 Å². The standard InChI is InChI=1S/C49H91NO5/c1-3-5-7-9-11-13-15-17-18-20-21-25-29-33-37-41-47(52)46(45-51)50-48(53)42-38-34-30-26-23-24-28-32-36-40-44-55-49(54)43-39-35-31-27-22-19-16-14-12-10-8-6-4-2/h14,16,24,28,37,41,46-47,51-52H,3-13,15,17-23,25-27,29-36,38-40,42-45H2,1-2H3,(H,50,53)/b16-14-,28-24-,41-37+. The molecule has 0 aromatic rings. The second-order valence-corrected chi connectivity index (χ2v) is 16.1. The lowest BCUT2D eigenvalue weighted by Crippen LogP contribution is -2.45. The summed E-state index contributed by atoms with van der Waals surface area (Å²) in [5, 5.41) is 23.0. The van der Waals surface area contributed by atoms with Crippen LogP contribution in [0.1, 0.15) is 239 Å². The molecule has 6 heteroatoms. The number of allylic oxidation sites excluding steroid dienone is 5. The van der Waals surface area contributed by atoms with Gasteiger partial charge in [0.15, 0.2) is 0 Å². The Bertz CT molecular complexity index is 900. The van der Waals surface area contributed by atoms with Crippen LogP contribution in [0.15, 0.2) is 36.5 Å². The van der Waals surface area contributed by atoms with E-state index >= 15 is 0 Å². The molecule has 0 saturated carbocycles. The van der Waals surface area contributed by atoms with Crippen LogP contribution in [-0.2, 0) is 14.3 Å². The molecule has 6 nitrogen and oxygen atoms in total. The molecule has 55 heavy (non-hydrogen) atoms. The van der Waals surface area contributed by atoms with Gasteiger partial charge < -0.3 is 20.3 Å². The summed E-state index contributed by atoms with van der Waals surface area (Å²) in [7, 11) is 0. The highest BCUT2D eigenvalue weighted by molar-refractivity contribution is 5.76. The Morgan fingerprint density at radius 2 is 0.855 bits per heavy atom. The Morgan fingerprint density at radius 1 is 0.491 bits per heavy atom. The molecule has 0 aliphatic heterocycles. The molecule has 0 aromatic carbocycles. The van der Waals surface area contributed by atoms with Gasteiger partial charge in [0.05, 0.1) is 25.4 Å². The first-order chi connectivity index (χ1) is 27.0. The van der Waals surface area contributed by atoms with Crippen LogP contribution in [-0.4, -0.2) is 47.4 Å². The molecule has 0 aliphatic carbocycles. The molecule has 0 radical (unpaired) electrons. The highest BCUT2D eigenvalue weighted by Gasteiger charge is 2.18. The number of carbonyl (C=O) groups is 2. The first-order valence-corrected chi connectivity index (χ1v) is 23.8. The Labute approximate surface area is 341 Å². The summed E-state index contributed by atoms with van der Waals surface area (Å²) in [4.78, 5) is 24.4. The highest BCUT2D eigenvalue weighted by Crippen LogP contribution is 2.14. The van der Waals surface area contributed by atoms with E-state index in [1.165, 1.54) is 135 Å². The van der Waals surface area contributed by atoms with Gasteiger partial charge in [-0.15, -0.1) is 0 Å². The predicted molar refractivity (Wildman–Crippen MR) is 236 cm³/mol. The number of nitrogens with one attached hydrogen (secondary N) is 1. The van der Waals surface area contributed by atoms with Crippen molar-refractivity contribution in [2.45, 2.75) is 251 Å². The Hall–Kier alpha value is -1.92. The third-order valence-electron chi connectivity index (χ3n) is 10.6. The van der Waals surface area contributed by atoms with E-state index in [2.05, 4.69) is 43.5 Å². The summed E-state index contributed by atoms with van der Waals surface area (Å²) in [6, 6.07) is -0.653. The van der Waals surface area contributed by atoms with Crippen LogP contribution in [0.25, 0.3) is 0 Å². The molecule has 0 aliphatic rings. The zero-order chi connectivity index (χ0) is 40.1. The van der Waals surface area contributed by atoms with Gasteiger partial charge in [-0.05, 0) is 83.5 Å². The average Bonchev–Trinajstić information content (AvgIpc) is 3.18. The fourth-order valence-electron chi connectivity index (χ4n) is 6.91. The molecule has 322 valence electrons. The average molecular weight is 774 g/mol. The number of aliphatic hydroxyl groups excluding tert-OH is 2. The van der Waals surface area contributed by atoms with Crippen molar-refractivity contribution in [1.82, 2.24) is 5.32 Å². The monoisotopic (exact) mass is 774 g/mol. The minimum Gasteiger partial charge on any atom is -0.466 e. The van der Waals surface area contributed by atoms with Crippen LogP contribution in [0, 0.1) is 0 Å². The van der Waals surface area contributed by atoms with E-state index in [4.69, 9.17) is 4.74 Å². The molecule has 3 N–H and O–H groups in total. The molecular formula is C49H91NO5. The van der Waals surface area contributed by atoms with Gasteiger partial charge in [0.1, 0.15) is 0 Å². The lowest BCUT2D eigenvalue weighted by Gasteiger charge is -2.20. The van der Waals surface area contributed by atoms with Crippen molar-refractivity contribution in [3.8, 4) is 0 Å². The van der Waals surface area contributed by atoms with Gasteiger partial charge in [0.25, 0.3) is 0 Å². The van der Waals surface area contributed by atoms with E-state index in [1.54, 1.807) is 6.08 Å². The SMILES string of the molecule is CCCCCC/C=C\CCCCCCCC(=O)OCCCC/C=C\CCCCCCC(=O)NC(CO)C(O)/C=C/CCCCCCCCCCCCCCC. The maximum atomic E-state index is 12.4. The van der Waals surface area contributed by atoms with Gasteiger partial charge in [-0.25, -0.2) is 0 Å². The number of ether oxygens (including phenoxy) is 1. The summed E-state index contributed by atoms with van der Waals surface area (Å²) in [6.07, 6.45) is 52.8. The van der Waals surface area contributed by atoms with E-state index in [0.29, 0.717) is 19.4 Å². The maximum absolute atomic E-state index is 12.4. The number of esters is 1. The lowest BCUT2D eigenvalue weighted by atomic mass is 10.0. The smallest absolute Gasteiger partial charge is 0.305 e.